The van der Waals surface area contributed by atoms with E-state index in [0.29, 0.717) is 16.9 Å². The van der Waals surface area contributed by atoms with E-state index in [-0.39, 0.29) is 16.8 Å². The molecule has 0 unspecified atom stereocenters. The minimum absolute atomic E-state index is 0.102. The highest BCUT2D eigenvalue weighted by atomic mass is 19.1. The van der Waals surface area contributed by atoms with Gasteiger partial charge in [-0.15, -0.1) is 0 Å². The molecule has 0 bridgehead atoms. The number of halogens is 2. The molecule has 0 aliphatic heterocycles. The van der Waals surface area contributed by atoms with Crippen LogP contribution in [0.15, 0.2) is 79.4 Å². The Kier molecular flexibility index (Phi) is 5.76. The van der Waals surface area contributed by atoms with Gasteiger partial charge in [-0.1, -0.05) is 18.2 Å². The Morgan fingerprint density at radius 1 is 0.906 bits per heavy atom. The van der Waals surface area contributed by atoms with Crippen LogP contribution in [0, 0.1) is 18.6 Å². The minimum Gasteiger partial charge on any atom is -0.322 e. The molecule has 6 nitrogen and oxygen atoms in total. The molecule has 0 aliphatic carbocycles. The molecule has 0 saturated carbocycles. The van der Waals surface area contributed by atoms with Crippen molar-refractivity contribution in [1.29, 1.82) is 0 Å². The van der Waals surface area contributed by atoms with Crippen LogP contribution in [0.3, 0.4) is 0 Å². The van der Waals surface area contributed by atoms with E-state index in [4.69, 9.17) is 0 Å². The number of benzene rings is 3. The van der Waals surface area contributed by atoms with Crippen LogP contribution in [0.4, 0.5) is 20.2 Å². The maximum Gasteiger partial charge on any atom is 0.258 e. The van der Waals surface area contributed by atoms with Crippen LogP contribution in [0.25, 0.3) is 5.69 Å². The van der Waals surface area contributed by atoms with Gasteiger partial charge in [0.25, 0.3) is 11.8 Å². The first-order valence-electron chi connectivity index (χ1n) is 9.68. The highest BCUT2D eigenvalue weighted by molar-refractivity contribution is 6.07. The monoisotopic (exact) mass is 432 g/mol. The summed E-state index contributed by atoms with van der Waals surface area (Å²) in [6.07, 6.45) is 4.62. The van der Waals surface area contributed by atoms with Crippen molar-refractivity contribution in [2.24, 2.45) is 0 Å². The van der Waals surface area contributed by atoms with Crippen LogP contribution in [-0.4, -0.2) is 21.4 Å². The molecular weight excluding hydrogens is 414 g/mol. The number of nitrogens with one attached hydrogen (secondary N) is 2. The van der Waals surface area contributed by atoms with Crippen molar-refractivity contribution in [3.8, 4) is 5.69 Å². The van der Waals surface area contributed by atoms with E-state index in [0.717, 1.165) is 0 Å². The van der Waals surface area contributed by atoms with Crippen molar-refractivity contribution in [1.82, 2.24) is 9.55 Å². The average molecular weight is 432 g/mol. The van der Waals surface area contributed by atoms with E-state index in [1.807, 2.05) is 0 Å². The summed E-state index contributed by atoms with van der Waals surface area (Å²) < 4.78 is 29.8. The quantitative estimate of drug-likeness (QED) is 0.468. The zero-order valence-corrected chi connectivity index (χ0v) is 17.0. The Balaban J connectivity index is 1.52. The Labute approximate surface area is 182 Å². The van der Waals surface area contributed by atoms with Crippen LogP contribution in [0.1, 0.15) is 26.3 Å². The van der Waals surface area contributed by atoms with Gasteiger partial charge in [-0.3, -0.25) is 9.59 Å². The molecule has 0 spiro atoms. The van der Waals surface area contributed by atoms with Gasteiger partial charge in [-0.05, 0) is 55.0 Å². The van der Waals surface area contributed by atoms with Crippen LogP contribution in [0.5, 0.6) is 0 Å². The van der Waals surface area contributed by atoms with Crippen molar-refractivity contribution in [2.75, 3.05) is 10.6 Å². The number of anilines is 2. The molecule has 0 fully saturated rings. The van der Waals surface area contributed by atoms with Crippen molar-refractivity contribution in [3.05, 3.63) is 108 Å². The van der Waals surface area contributed by atoms with Gasteiger partial charge in [-0.2, -0.15) is 0 Å². The van der Waals surface area contributed by atoms with Gasteiger partial charge in [0.15, 0.2) is 0 Å². The van der Waals surface area contributed by atoms with Gasteiger partial charge in [0.05, 0.1) is 17.6 Å². The number of amides is 2. The molecule has 32 heavy (non-hydrogen) atoms. The van der Waals surface area contributed by atoms with Crippen molar-refractivity contribution < 1.29 is 18.4 Å². The Morgan fingerprint density at radius 2 is 1.72 bits per heavy atom. The molecule has 2 amide bonds. The fourth-order valence-corrected chi connectivity index (χ4v) is 3.13. The third-order valence-electron chi connectivity index (χ3n) is 4.85. The Morgan fingerprint density at radius 3 is 2.44 bits per heavy atom. The predicted molar refractivity (Wildman–Crippen MR) is 117 cm³/mol. The van der Waals surface area contributed by atoms with Crippen LogP contribution < -0.4 is 10.6 Å². The predicted octanol–water partition coefficient (Wildman–Crippen LogP) is 4.96. The van der Waals surface area contributed by atoms with Gasteiger partial charge in [0.1, 0.15) is 11.6 Å². The zero-order valence-electron chi connectivity index (χ0n) is 17.0. The van der Waals surface area contributed by atoms with E-state index in [1.54, 1.807) is 37.4 Å². The number of rotatable bonds is 5. The first-order chi connectivity index (χ1) is 15.4. The molecule has 3 aromatic carbocycles. The lowest BCUT2D eigenvalue weighted by Crippen LogP contribution is -2.16. The van der Waals surface area contributed by atoms with Gasteiger partial charge in [0, 0.05) is 29.3 Å². The summed E-state index contributed by atoms with van der Waals surface area (Å²) in [5.74, 6) is -2.28. The molecular formula is C24H18F2N4O2. The largest absolute Gasteiger partial charge is 0.322 e. The highest BCUT2D eigenvalue weighted by Crippen LogP contribution is 2.22. The SMILES string of the molecule is Cc1ccc(C(=O)Nc2ccc(-n3ccnc3)c(F)c2)cc1NC(=O)c1ccccc1F. The normalized spacial score (nSPS) is 10.6. The molecule has 4 aromatic rings. The fourth-order valence-electron chi connectivity index (χ4n) is 3.13. The average Bonchev–Trinajstić information content (AvgIpc) is 3.30. The Bertz CT molecular complexity index is 1300. The van der Waals surface area contributed by atoms with E-state index in [2.05, 4.69) is 15.6 Å². The van der Waals surface area contributed by atoms with Crippen LogP contribution >= 0.6 is 0 Å². The second-order valence-corrected chi connectivity index (χ2v) is 7.05. The summed E-state index contributed by atoms with van der Waals surface area (Å²) in [5, 5.41) is 5.27. The molecule has 0 aliphatic rings. The summed E-state index contributed by atoms with van der Waals surface area (Å²) in [6, 6.07) is 14.7. The number of hydrogen-bond donors (Lipinski definition) is 2. The van der Waals surface area contributed by atoms with E-state index < -0.39 is 23.4 Å². The van der Waals surface area contributed by atoms with Gasteiger partial charge < -0.3 is 15.2 Å². The fraction of sp³-hybridized carbons (Fsp3) is 0.0417. The van der Waals surface area contributed by atoms with E-state index >= 15 is 0 Å². The molecule has 0 radical (unpaired) electrons. The lowest BCUT2D eigenvalue weighted by Gasteiger charge is -2.12. The molecule has 1 heterocycles. The number of hydrogen-bond acceptors (Lipinski definition) is 3. The molecule has 0 atom stereocenters. The van der Waals surface area contributed by atoms with Crippen molar-refractivity contribution in [3.63, 3.8) is 0 Å². The molecule has 160 valence electrons. The number of carbonyl (C=O) groups is 2. The highest BCUT2D eigenvalue weighted by Gasteiger charge is 2.15. The second-order valence-electron chi connectivity index (χ2n) is 7.05. The molecule has 8 heteroatoms. The number of carbonyl (C=O) groups excluding carboxylic acids is 2. The van der Waals surface area contributed by atoms with E-state index in [1.165, 1.54) is 53.5 Å². The third kappa shape index (κ3) is 4.39. The third-order valence-corrected chi connectivity index (χ3v) is 4.85. The lowest BCUT2D eigenvalue weighted by molar-refractivity contribution is 0.101. The van der Waals surface area contributed by atoms with Crippen LogP contribution in [-0.2, 0) is 0 Å². The summed E-state index contributed by atoms with van der Waals surface area (Å²) in [6.45, 7) is 1.75. The topological polar surface area (TPSA) is 76.0 Å². The second kappa shape index (κ2) is 8.81. The Hall–Kier alpha value is -4.33. The summed E-state index contributed by atoms with van der Waals surface area (Å²) in [5.41, 5.74) is 1.78. The first kappa shape index (κ1) is 20.9. The van der Waals surface area contributed by atoms with Crippen molar-refractivity contribution in [2.45, 2.75) is 6.92 Å². The maximum atomic E-state index is 14.4. The first-order valence-corrected chi connectivity index (χ1v) is 9.68. The maximum absolute atomic E-state index is 14.4. The number of aryl methyl sites for hydroxylation is 1. The summed E-state index contributed by atoms with van der Waals surface area (Å²) >= 11 is 0. The number of nitrogens with zero attached hydrogens (tertiary/aromatic N) is 2. The van der Waals surface area contributed by atoms with Gasteiger partial charge >= 0.3 is 0 Å². The number of aromatic nitrogens is 2. The summed E-state index contributed by atoms with van der Waals surface area (Å²) in [4.78, 5) is 29.0. The van der Waals surface area contributed by atoms with E-state index in [9.17, 15) is 18.4 Å². The van der Waals surface area contributed by atoms with Gasteiger partial charge in [0.2, 0.25) is 0 Å². The number of imidazole rings is 1. The smallest absolute Gasteiger partial charge is 0.258 e. The molecule has 4 rings (SSSR count). The molecule has 1 aromatic heterocycles. The standard InChI is InChI=1S/C24H18F2N4O2/c1-15-6-7-16(12-21(15)29-24(32)18-4-2-3-5-19(18)25)23(31)28-17-8-9-22(20(26)13-17)30-11-10-27-14-30/h2-14H,1H3,(H,28,31)(H,29,32). The zero-order chi connectivity index (χ0) is 22.7. The van der Waals surface area contributed by atoms with Crippen LogP contribution in [0.2, 0.25) is 0 Å². The van der Waals surface area contributed by atoms with Crippen molar-refractivity contribution >= 4 is 23.2 Å². The minimum atomic E-state index is -0.641. The lowest BCUT2D eigenvalue weighted by atomic mass is 10.1. The molecule has 2 N–H and O–H groups in total. The van der Waals surface area contributed by atoms with Gasteiger partial charge in [-0.25, -0.2) is 13.8 Å². The summed E-state index contributed by atoms with van der Waals surface area (Å²) in [7, 11) is 0. The molecule has 0 saturated heterocycles.